The first-order valence-electron chi connectivity index (χ1n) is 7.41. The molecule has 126 valence electrons. The Morgan fingerprint density at radius 2 is 1.96 bits per heavy atom. The van der Waals surface area contributed by atoms with Gasteiger partial charge >= 0.3 is 5.97 Å². The van der Waals surface area contributed by atoms with Gasteiger partial charge in [0.2, 0.25) is 0 Å². The van der Waals surface area contributed by atoms with Crippen molar-refractivity contribution in [2.24, 2.45) is 0 Å². The molecule has 1 N–H and O–H groups in total. The average Bonchev–Trinajstić information content (AvgIpc) is 2.83. The fraction of sp³-hybridized carbons (Fsp3) is 0.412. The van der Waals surface area contributed by atoms with Crippen molar-refractivity contribution in [1.29, 1.82) is 0 Å². The molecule has 0 aliphatic rings. The van der Waals surface area contributed by atoms with Crippen LogP contribution in [0.3, 0.4) is 0 Å². The Hall–Kier alpha value is -1.85. The van der Waals surface area contributed by atoms with E-state index < -0.39 is 0 Å². The summed E-state index contributed by atoms with van der Waals surface area (Å²) in [5, 5.41) is 0.914. The molecule has 0 saturated carbocycles. The molecule has 2 aromatic rings. The maximum atomic E-state index is 12.2. The van der Waals surface area contributed by atoms with Gasteiger partial charge in [-0.25, -0.2) is 4.79 Å². The molecule has 5 nitrogen and oxygen atoms in total. The van der Waals surface area contributed by atoms with Crippen LogP contribution in [0.2, 0.25) is 0 Å². The van der Waals surface area contributed by atoms with Crippen molar-refractivity contribution in [3.63, 3.8) is 0 Å². The maximum Gasteiger partial charge on any atom is 0.355 e. The summed E-state index contributed by atoms with van der Waals surface area (Å²) in [6.45, 7) is 4.47. The topological polar surface area (TPSA) is 62.4 Å². The minimum Gasteiger partial charge on any atom is -0.461 e. The molecule has 0 bridgehead atoms. The predicted molar refractivity (Wildman–Crippen MR) is 93.8 cm³/mol. The summed E-state index contributed by atoms with van der Waals surface area (Å²) in [7, 11) is 3.97. The van der Waals surface area contributed by atoms with E-state index in [0.717, 1.165) is 23.0 Å². The highest BCUT2D eigenvalue weighted by molar-refractivity contribution is 6.02. The van der Waals surface area contributed by atoms with Gasteiger partial charge in [-0.05, 0) is 58.1 Å². The third-order valence-electron chi connectivity index (χ3n) is 3.60. The number of esters is 1. The summed E-state index contributed by atoms with van der Waals surface area (Å²) in [6.07, 6.45) is 0.711. The number of H-pyrrole nitrogens is 1. The first kappa shape index (κ1) is 19.2. The van der Waals surface area contributed by atoms with Crippen molar-refractivity contribution in [3.05, 3.63) is 35.0 Å². The van der Waals surface area contributed by atoms with Gasteiger partial charge in [-0.3, -0.25) is 4.79 Å². The van der Waals surface area contributed by atoms with Crippen LogP contribution in [0.5, 0.6) is 0 Å². The second-order valence-electron chi connectivity index (χ2n) is 5.57. The number of nitrogens with zero attached hydrogens (tertiary/aromatic N) is 1. The highest BCUT2D eigenvalue weighted by Gasteiger charge is 2.19. The van der Waals surface area contributed by atoms with Crippen LogP contribution in [-0.2, 0) is 11.2 Å². The molecule has 2 rings (SSSR count). The van der Waals surface area contributed by atoms with Crippen molar-refractivity contribution in [2.45, 2.75) is 20.3 Å². The molecule has 0 aliphatic carbocycles. The lowest BCUT2D eigenvalue weighted by atomic mass is 10.0. The van der Waals surface area contributed by atoms with E-state index >= 15 is 0 Å². The van der Waals surface area contributed by atoms with Gasteiger partial charge in [0.05, 0.1) is 6.61 Å². The van der Waals surface area contributed by atoms with Crippen LogP contribution >= 0.6 is 12.4 Å². The Balaban J connectivity index is 0.00000264. The van der Waals surface area contributed by atoms with Crippen LogP contribution in [0.15, 0.2) is 18.2 Å². The molecule has 1 aromatic heterocycles. The first-order valence-corrected chi connectivity index (χ1v) is 7.41. The molecular formula is C17H23ClN2O3. The molecule has 0 aliphatic heterocycles. The Labute approximate surface area is 142 Å². The van der Waals surface area contributed by atoms with E-state index in [1.165, 1.54) is 0 Å². The molecular weight excluding hydrogens is 316 g/mol. The molecule has 0 fully saturated rings. The molecule has 0 spiro atoms. The number of nitrogens with one attached hydrogen (secondary N) is 1. The van der Waals surface area contributed by atoms with Crippen molar-refractivity contribution >= 4 is 35.1 Å². The number of aromatic amines is 1. The van der Waals surface area contributed by atoms with E-state index in [1.54, 1.807) is 19.9 Å². The fourth-order valence-electron chi connectivity index (χ4n) is 2.44. The number of carbonyl (C=O) groups excluding carboxylic acids is 2. The number of benzene rings is 1. The van der Waals surface area contributed by atoms with Gasteiger partial charge in [0, 0.05) is 23.0 Å². The van der Waals surface area contributed by atoms with E-state index in [0.29, 0.717) is 24.3 Å². The van der Waals surface area contributed by atoms with Gasteiger partial charge in [-0.15, -0.1) is 12.4 Å². The smallest absolute Gasteiger partial charge is 0.355 e. The van der Waals surface area contributed by atoms with E-state index in [4.69, 9.17) is 4.74 Å². The number of ether oxygens (including phenoxy) is 1. The lowest BCUT2D eigenvalue weighted by Crippen LogP contribution is -2.17. The summed E-state index contributed by atoms with van der Waals surface area (Å²) in [6, 6.07) is 5.46. The largest absolute Gasteiger partial charge is 0.461 e. The van der Waals surface area contributed by atoms with Gasteiger partial charge in [0.25, 0.3) is 0 Å². The number of aromatic nitrogens is 1. The van der Waals surface area contributed by atoms with Gasteiger partial charge in [0.1, 0.15) is 5.69 Å². The Morgan fingerprint density at radius 1 is 1.26 bits per heavy atom. The maximum absolute atomic E-state index is 12.2. The lowest BCUT2D eigenvalue weighted by molar-refractivity contribution is 0.0519. The number of fused-ring (bicyclic) bond motifs is 1. The number of likely N-dealkylation sites (N-methyl/N-ethyl adjacent to an activating group) is 1. The zero-order valence-electron chi connectivity index (χ0n) is 13.9. The Morgan fingerprint density at radius 3 is 2.52 bits per heavy atom. The van der Waals surface area contributed by atoms with Crippen molar-refractivity contribution < 1.29 is 14.3 Å². The predicted octanol–water partition coefficient (Wildman–Crippen LogP) is 3.07. The SMILES string of the molecule is CCOC(=O)c1[nH]c2ccc(C(C)=O)cc2c1CCN(C)C.Cl. The highest BCUT2D eigenvalue weighted by Crippen LogP contribution is 2.25. The summed E-state index contributed by atoms with van der Waals surface area (Å²) < 4.78 is 5.13. The number of halogens is 1. The van der Waals surface area contributed by atoms with Gasteiger partial charge in [-0.2, -0.15) is 0 Å². The molecule has 6 heteroatoms. The standard InChI is InChI=1S/C17H22N2O3.ClH/c1-5-22-17(21)16-13(8-9-19(3)4)14-10-12(11(2)20)6-7-15(14)18-16;/h6-7,10,18H,5,8-9H2,1-4H3;1H. The van der Waals surface area contributed by atoms with Crippen LogP contribution in [0, 0.1) is 0 Å². The molecule has 0 unspecified atom stereocenters. The molecule has 23 heavy (non-hydrogen) atoms. The monoisotopic (exact) mass is 338 g/mol. The summed E-state index contributed by atoms with van der Waals surface area (Å²) in [5.41, 5.74) is 2.89. The number of hydrogen-bond donors (Lipinski definition) is 1. The third-order valence-corrected chi connectivity index (χ3v) is 3.60. The number of carbonyl (C=O) groups is 2. The van der Waals surface area contributed by atoms with E-state index in [-0.39, 0.29) is 24.2 Å². The summed E-state index contributed by atoms with van der Waals surface area (Å²) in [5.74, 6) is -0.337. The summed E-state index contributed by atoms with van der Waals surface area (Å²) in [4.78, 5) is 29.0. The van der Waals surface area contributed by atoms with E-state index in [9.17, 15) is 9.59 Å². The fourth-order valence-corrected chi connectivity index (χ4v) is 2.44. The molecule has 0 saturated heterocycles. The summed E-state index contributed by atoms with van der Waals surface area (Å²) >= 11 is 0. The van der Waals surface area contributed by atoms with Crippen molar-refractivity contribution in [2.75, 3.05) is 27.2 Å². The minimum absolute atomic E-state index is 0. The molecule has 1 aromatic carbocycles. The minimum atomic E-state index is -0.350. The second-order valence-corrected chi connectivity index (χ2v) is 5.57. The van der Waals surface area contributed by atoms with Crippen LogP contribution in [-0.4, -0.2) is 48.9 Å². The number of ketones is 1. The van der Waals surface area contributed by atoms with E-state index in [1.807, 2.05) is 26.2 Å². The number of rotatable bonds is 6. The van der Waals surface area contributed by atoms with Gasteiger partial charge < -0.3 is 14.6 Å². The first-order chi connectivity index (χ1) is 10.4. The molecule has 0 amide bonds. The van der Waals surface area contributed by atoms with Crippen LogP contribution < -0.4 is 0 Å². The lowest BCUT2D eigenvalue weighted by Gasteiger charge is -2.10. The van der Waals surface area contributed by atoms with Crippen LogP contribution in [0.1, 0.15) is 40.3 Å². The van der Waals surface area contributed by atoms with Gasteiger partial charge in [0.15, 0.2) is 5.78 Å². The van der Waals surface area contributed by atoms with Crippen molar-refractivity contribution in [1.82, 2.24) is 9.88 Å². The van der Waals surface area contributed by atoms with Gasteiger partial charge in [-0.1, -0.05) is 0 Å². The molecule has 1 heterocycles. The van der Waals surface area contributed by atoms with E-state index in [2.05, 4.69) is 9.88 Å². The average molecular weight is 339 g/mol. The zero-order chi connectivity index (χ0) is 16.3. The van der Waals surface area contributed by atoms with Crippen LogP contribution in [0.4, 0.5) is 0 Å². The third kappa shape index (κ3) is 4.33. The van der Waals surface area contributed by atoms with Crippen molar-refractivity contribution in [3.8, 4) is 0 Å². The molecule has 0 radical (unpaired) electrons. The Kier molecular flexibility index (Phi) is 6.79. The Bertz CT molecular complexity index is 707. The quantitative estimate of drug-likeness (QED) is 0.649. The second kappa shape index (κ2) is 8.13. The zero-order valence-corrected chi connectivity index (χ0v) is 14.8. The normalized spacial score (nSPS) is 10.7. The highest BCUT2D eigenvalue weighted by atomic mass is 35.5. The number of Topliss-reactive ketones (excluding diaryl/α,β-unsaturated/α-hetero) is 1. The number of hydrogen-bond acceptors (Lipinski definition) is 4. The molecule has 0 atom stereocenters. The van der Waals surface area contributed by atoms with Crippen LogP contribution in [0.25, 0.3) is 10.9 Å².